The Morgan fingerprint density at radius 2 is 1.92 bits per heavy atom. The topological polar surface area (TPSA) is 3.24 Å². The first-order valence-corrected chi connectivity index (χ1v) is 5.39. The van der Waals surface area contributed by atoms with Crippen molar-refractivity contribution in [3.8, 4) is 0 Å². The second kappa shape index (κ2) is 4.41. The number of halogens is 1. The van der Waals surface area contributed by atoms with E-state index < -0.39 is 0 Å². The van der Waals surface area contributed by atoms with Crippen molar-refractivity contribution < 1.29 is 4.39 Å². The molecule has 1 aliphatic heterocycles. The van der Waals surface area contributed by atoms with E-state index in [-0.39, 0.29) is 12.7 Å². The van der Waals surface area contributed by atoms with E-state index in [4.69, 9.17) is 0 Å². The molecule has 1 aliphatic rings. The highest BCUT2D eigenvalue weighted by Crippen LogP contribution is 2.31. The van der Waals surface area contributed by atoms with Crippen molar-refractivity contribution >= 4 is 0 Å². The summed E-state index contributed by atoms with van der Waals surface area (Å²) in [4.78, 5) is 2.31. The summed E-state index contributed by atoms with van der Waals surface area (Å²) in [6.07, 6.45) is 1.17. The van der Waals surface area contributed by atoms with Crippen molar-refractivity contribution in [2.75, 3.05) is 13.2 Å². The normalized spacial score (nSPS) is 30.7. The Balaban J connectivity index is 2.63. The second-order valence-corrected chi connectivity index (χ2v) is 4.75. The molecule has 0 aromatic carbocycles. The molecule has 2 atom stereocenters. The average Bonchev–Trinajstić information content (AvgIpc) is 2.46. The van der Waals surface area contributed by atoms with E-state index in [1.54, 1.807) is 0 Å². The number of likely N-dealkylation sites (tertiary alicyclic amines) is 1. The van der Waals surface area contributed by atoms with E-state index in [0.29, 0.717) is 17.9 Å². The molecule has 2 heteroatoms. The van der Waals surface area contributed by atoms with Gasteiger partial charge in [-0.2, -0.15) is 0 Å². The maximum atomic E-state index is 12.9. The van der Waals surface area contributed by atoms with Gasteiger partial charge in [-0.15, -0.1) is 0 Å². The first kappa shape index (κ1) is 11.0. The molecule has 0 aromatic heterocycles. The lowest BCUT2D eigenvalue weighted by atomic mass is 9.89. The maximum Gasteiger partial charge on any atom is 0.105 e. The van der Waals surface area contributed by atoms with E-state index in [9.17, 15) is 4.39 Å². The molecule has 0 radical (unpaired) electrons. The van der Waals surface area contributed by atoms with Crippen LogP contribution in [0.5, 0.6) is 0 Å². The molecular formula is C11H22FN. The van der Waals surface area contributed by atoms with E-state index in [2.05, 4.69) is 32.6 Å². The second-order valence-electron chi connectivity index (χ2n) is 4.75. The van der Waals surface area contributed by atoms with Crippen LogP contribution in [0.2, 0.25) is 0 Å². The van der Waals surface area contributed by atoms with Crippen molar-refractivity contribution in [1.82, 2.24) is 4.90 Å². The van der Waals surface area contributed by atoms with Crippen LogP contribution in [-0.2, 0) is 0 Å². The predicted octanol–water partition coefficient (Wildman–Crippen LogP) is 2.71. The third kappa shape index (κ3) is 2.22. The van der Waals surface area contributed by atoms with E-state index in [1.807, 2.05) is 0 Å². The minimum absolute atomic E-state index is 0.180. The summed E-state index contributed by atoms with van der Waals surface area (Å²) in [5.74, 6) is 1.18. The molecule has 78 valence electrons. The number of nitrogens with zero attached hydrogens (tertiary/aromatic N) is 1. The first-order chi connectivity index (χ1) is 6.07. The number of hydrogen-bond acceptors (Lipinski definition) is 1. The zero-order valence-corrected chi connectivity index (χ0v) is 9.26. The molecule has 1 saturated heterocycles. The molecule has 0 aromatic rings. The first-order valence-electron chi connectivity index (χ1n) is 5.39. The lowest BCUT2D eigenvalue weighted by Gasteiger charge is -2.30. The van der Waals surface area contributed by atoms with Crippen LogP contribution in [-0.4, -0.2) is 30.2 Å². The lowest BCUT2D eigenvalue weighted by Crippen LogP contribution is -2.40. The van der Waals surface area contributed by atoms with Gasteiger partial charge in [0.05, 0.1) is 0 Å². The minimum atomic E-state index is -0.180. The summed E-state index contributed by atoms with van der Waals surface area (Å²) in [5.41, 5.74) is 0. The van der Waals surface area contributed by atoms with Gasteiger partial charge in [0.2, 0.25) is 0 Å². The monoisotopic (exact) mass is 187 g/mol. The quantitative estimate of drug-likeness (QED) is 0.656. The van der Waals surface area contributed by atoms with Gasteiger partial charge in [0.25, 0.3) is 0 Å². The molecule has 0 bridgehead atoms. The molecule has 1 fully saturated rings. The Hall–Kier alpha value is -0.110. The van der Waals surface area contributed by atoms with E-state index in [1.165, 1.54) is 6.42 Å². The molecule has 0 spiro atoms. The van der Waals surface area contributed by atoms with Crippen LogP contribution < -0.4 is 0 Å². The van der Waals surface area contributed by atoms with Crippen molar-refractivity contribution in [3.63, 3.8) is 0 Å². The minimum Gasteiger partial charge on any atom is -0.295 e. The molecule has 0 N–H and O–H groups in total. The number of rotatable bonds is 3. The Morgan fingerprint density at radius 3 is 2.31 bits per heavy atom. The van der Waals surface area contributed by atoms with Gasteiger partial charge in [0.1, 0.15) is 6.67 Å². The largest absolute Gasteiger partial charge is 0.295 e. The van der Waals surface area contributed by atoms with Crippen molar-refractivity contribution in [1.29, 1.82) is 0 Å². The molecule has 0 amide bonds. The molecule has 1 rings (SSSR count). The van der Waals surface area contributed by atoms with E-state index in [0.717, 1.165) is 6.54 Å². The van der Waals surface area contributed by atoms with Gasteiger partial charge < -0.3 is 0 Å². The summed E-state index contributed by atoms with van der Waals surface area (Å²) in [6, 6.07) is 0.671. The molecule has 13 heavy (non-hydrogen) atoms. The summed E-state index contributed by atoms with van der Waals surface area (Å²) in [5, 5.41) is 0. The summed E-state index contributed by atoms with van der Waals surface area (Å²) >= 11 is 0. The average molecular weight is 187 g/mol. The van der Waals surface area contributed by atoms with Crippen LogP contribution in [0.25, 0.3) is 0 Å². The maximum absolute atomic E-state index is 12.9. The third-order valence-corrected chi connectivity index (χ3v) is 3.32. The van der Waals surface area contributed by atoms with Crippen LogP contribution >= 0.6 is 0 Å². The van der Waals surface area contributed by atoms with E-state index >= 15 is 0 Å². The lowest BCUT2D eigenvalue weighted by molar-refractivity contribution is 0.137. The zero-order chi connectivity index (χ0) is 10.0. The SMILES string of the molecule is CC(C)C1CCN(C(C)C)C1CF. The molecule has 0 aliphatic carbocycles. The highest BCUT2D eigenvalue weighted by molar-refractivity contribution is 4.89. The fraction of sp³-hybridized carbons (Fsp3) is 1.00. The third-order valence-electron chi connectivity index (χ3n) is 3.32. The van der Waals surface area contributed by atoms with Crippen LogP contribution in [0.4, 0.5) is 4.39 Å². The van der Waals surface area contributed by atoms with Crippen LogP contribution in [0.3, 0.4) is 0 Å². The fourth-order valence-electron chi connectivity index (χ4n) is 2.52. The van der Waals surface area contributed by atoms with Gasteiger partial charge in [0.15, 0.2) is 0 Å². The van der Waals surface area contributed by atoms with Gasteiger partial charge in [-0.3, -0.25) is 4.90 Å². The summed E-state index contributed by atoms with van der Waals surface area (Å²) in [6.45, 7) is 9.63. The molecule has 1 nitrogen and oxygen atoms in total. The van der Waals surface area contributed by atoms with Gasteiger partial charge in [-0.05, 0) is 38.6 Å². The molecule has 0 saturated carbocycles. The number of hydrogen-bond donors (Lipinski definition) is 0. The van der Waals surface area contributed by atoms with Gasteiger partial charge in [-0.25, -0.2) is 4.39 Å². The van der Waals surface area contributed by atoms with Gasteiger partial charge in [-0.1, -0.05) is 13.8 Å². The predicted molar refractivity (Wildman–Crippen MR) is 54.6 cm³/mol. The summed E-state index contributed by atoms with van der Waals surface area (Å²) in [7, 11) is 0. The highest BCUT2D eigenvalue weighted by atomic mass is 19.1. The molecule has 2 unspecified atom stereocenters. The van der Waals surface area contributed by atoms with Gasteiger partial charge in [0, 0.05) is 12.1 Å². The Morgan fingerprint density at radius 1 is 1.31 bits per heavy atom. The Labute approximate surface area is 81.3 Å². The Kier molecular flexibility index (Phi) is 3.72. The van der Waals surface area contributed by atoms with Gasteiger partial charge >= 0.3 is 0 Å². The zero-order valence-electron chi connectivity index (χ0n) is 9.26. The van der Waals surface area contributed by atoms with Crippen molar-refractivity contribution in [2.24, 2.45) is 11.8 Å². The van der Waals surface area contributed by atoms with Crippen LogP contribution in [0.15, 0.2) is 0 Å². The molecule has 1 heterocycles. The molecular weight excluding hydrogens is 165 g/mol. The van der Waals surface area contributed by atoms with Crippen LogP contribution in [0, 0.1) is 11.8 Å². The standard InChI is InChI=1S/C11H22FN/c1-8(2)10-5-6-13(9(3)4)11(10)7-12/h8-11H,5-7H2,1-4H3. The van der Waals surface area contributed by atoms with Crippen molar-refractivity contribution in [2.45, 2.75) is 46.2 Å². The fourth-order valence-corrected chi connectivity index (χ4v) is 2.52. The van der Waals surface area contributed by atoms with Crippen LogP contribution in [0.1, 0.15) is 34.1 Å². The van der Waals surface area contributed by atoms with Crippen molar-refractivity contribution in [3.05, 3.63) is 0 Å². The highest BCUT2D eigenvalue weighted by Gasteiger charge is 2.36. The summed E-state index contributed by atoms with van der Waals surface area (Å²) < 4.78 is 12.9. The smallest absolute Gasteiger partial charge is 0.105 e. The Bertz CT molecular complexity index is 140. The number of alkyl halides is 1.